The third-order valence-corrected chi connectivity index (χ3v) is 9.54. The van der Waals surface area contributed by atoms with Crippen LogP contribution < -0.4 is 0 Å². The molecular weight excluding hydrogens is 560 g/mol. The van der Waals surface area contributed by atoms with Gasteiger partial charge in [-0.15, -0.1) is 0 Å². The summed E-state index contributed by atoms with van der Waals surface area (Å²) in [6.07, 6.45) is 1.92. The molecule has 10 aromatic rings. The summed E-state index contributed by atoms with van der Waals surface area (Å²) in [4.78, 5) is 0. The summed E-state index contributed by atoms with van der Waals surface area (Å²) in [6, 6.07) is 54.0. The van der Waals surface area contributed by atoms with Crippen molar-refractivity contribution < 1.29 is 8.83 Å². The maximum Gasteiger partial charge on any atom is 0.143 e. The third-order valence-electron chi connectivity index (χ3n) is 9.54. The van der Waals surface area contributed by atoms with Crippen molar-refractivity contribution in [2.45, 2.75) is 0 Å². The molecule has 214 valence electrons. The first kappa shape index (κ1) is 25.2. The predicted octanol–water partition coefficient (Wildman–Crippen LogP) is 12.8. The topological polar surface area (TPSA) is 26.3 Å². The highest BCUT2D eigenvalue weighted by molar-refractivity contribution is 6.27. The molecule has 0 aliphatic rings. The van der Waals surface area contributed by atoms with E-state index >= 15 is 0 Å². The van der Waals surface area contributed by atoms with Crippen molar-refractivity contribution in [3.63, 3.8) is 0 Å². The Morgan fingerprint density at radius 2 is 1.04 bits per heavy atom. The van der Waals surface area contributed by atoms with Crippen molar-refractivity contribution >= 4 is 65.2 Å². The van der Waals surface area contributed by atoms with E-state index in [1.807, 2.05) is 18.4 Å². The molecule has 8 aromatic carbocycles. The van der Waals surface area contributed by atoms with Crippen molar-refractivity contribution in [2.24, 2.45) is 0 Å². The lowest BCUT2D eigenvalue weighted by molar-refractivity contribution is 0.617. The number of rotatable bonds is 3. The van der Waals surface area contributed by atoms with Gasteiger partial charge >= 0.3 is 0 Å². The Morgan fingerprint density at radius 1 is 0.370 bits per heavy atom. The zero-order valence-electron chi connectivity index (χ0n) is 24.8. The second-order valence-corrected chi connectivity index (χ2v) is 12.0. The summed E-state index contributed by atoms with van der Waals surface area (Å²) in [7, 11) is 0. The van der Waals surface area contributed by atoms with Gasteiger partial charge in [-0.1, -0.05) is 133 Å². The first-order valence-electron chi connectivity index (χ1n) is 15.7. The van der Waals surface area contributed by atoms with Crippen LogP contribution in [0.25, 0.3) is 98.6 Å². The van der Waals surface area contributed by atoms with E-state index in [0.29, 0.717) is 0 Å². The fraction of sp³-hybridized carbons (Fsp3) is 0. The van der Waals surface area contributed by atoms with E-state index in [0.717, 1.165) is 44.0 Å². The summed E-state index contributed by atoms with van der Waals surface area (Å²) in [5.41, 5.74) is 9.62. The Hall–Kier alpha value is -6.12. The SMILES string of the molecule is c1ccc(-c2ccc3c(-c4cccc5c4oc4ccc6ccccc6c45)c4ccccc4c(-c4coc5ccccc45)c3c2)cc1. The molecule has 0 fully saturated rings. The smallest absolute Gasteiger partial charge is 0.143 e. The molecule has 0 atom stereocenters. The highest BCUT2D eigenvalue weighted by Gasteiger charge is 2.22. The fourth-order valence-electron chi connectivity index (χ4n) is 7.51. The minimum Gasteiger partial charge on any atom is -0.464 e. The van der Waals surface area contributed by atoms with Gasteiger partial charge in [-0.2, -0.15) is 0 Å². The quantitative estimate of drug-likeness (QED) is 0.193. The molecule has 0 aliphatic carbocycles. The van der Waals surface area contributed by atoms with Crippen LogP contribution in [0.4, 0.5) is 0 Å². The molecule has 46 heavy (non-hydrogen) atoms. The van der Waals surface area contributed by atoms with Gasteiger partial charge in [0.2, 0.25) is 0 Å². The lowest BCUT2D eigenvalue weighted by atomic mass is 9.84. The molecule has 0 radical (unpaired) electrons. The van der Waals surface area contributed by atoms with Gasteiger partial charge in [-0.05, 0) is 61.6 Å². The van der Waals surface area contributed by atoms with Crippen molar-refractivity contribution in [1.82, 2.24) is 0 Å². The molecular formula is C44H26O2. The zero-order valence-corrected chi connectivity index (χ0v) is 24.8. The van der Waals surface area contributed by atoms with Crippen LogP contribution in [0.2, 0.25) is 0 Å². The summed E-state index contributed by atoms with van der Waals surface area (Å²) in [5, 5.41) is 10.5. The van der Waals surface area contributed by atoms with Crippen molar-refractivity contribution in [1.29, 1.82) is 0 Å². The van der Waals surface area contributed by atoms with E-state index < -0.39 is 0 Å². The monoisotopic (exact) mass is 586 g/mol. The fourth-order valence-corrected chi connectivity index (χ4v) is 7.51. The van der Waals surface area contributed by atoms with Crippen LogP contribution in [0.15, 0.2) is 167 Å². The molecule has 10 rings (SSSR count). The molecule has 2 heteroatoms. The van der Waals surface area contributed by atoms with Crippen molar-refractivity contribution in [3.05, 3.63) is 158 Å². The Labute approximate surface area is 264 Å². The van der Waals surface area contributed by atoms with Gasteiger partial charge in [-0.25, -0.2) is 0 Å². The molecule has 0 bridgehead atoms. The molecule has 2 aromatic heterocycles. The second kappa shape index (κ2) is 9.69. The summed E-state index contributed by atoms with van der Waals surface area (Å²) >= 11 is 0. The van der Waals surface area contributed by atoms with Gasteiger partial charge in [0, 0.05) is 38.4 Å². The van der Waals surface area contributed by atoms with E-state index in [1.54, 1.807) is 0 Å². The Morgan fingerprint density at radius 3 is 1.89 bits per heavy atom. The van der Waals surface area contributed by atoms with Crippen LogP contribution in [-0.2, 0) is 0 Å². The summed E-state index contributed by atoms with van der Waals surface area (Å²) in [5.74, 6) is 0. The average Bonchev–Trinajstić information content (AvgIpc) is 3.73. The number of para-hydroxylation sites is 2. The Balaban J connectivity index is 1.37. The van der Waals surface area contributed by atoms with Crippen LogP contribution in [0, 0.1) is 0 Å². The van der Waals surface area contributed by atoms with E-state index in [9.17, 15) is 0 Å². The van der Waals surface area contributed by atoms with E-state index in [2.05, 4.69) is 140 Å². The van der Waals surface area contributed by atoms with E-state index in [-0.39, 0.29) is 0 Å². The first-order chi connectivity index (χ1) is 22.8. The zero-order chi connectivity index (χ0) is 30.2. The molecule has 0 N–H and O–H groups in total. The van der Waals surface area contributed by atoms with E-state index in [4.69, 9.17) is 8.83 Å². The minimum absolute atomic E-state index is 0.886. The molecule has 0 amide bonds. The van der Waals surface area contributed by atoms with Crippen LogP contribution >= 0.6 is 0 Å². The van der Waals surface area contributed by atoms with Crippen LogP contribution in [-0.4, -0.2) is 0 Å². The Bertz CT molecular complexity index is 2800. The maximum absolute atomic E-state index is 6.78. The largest absolute Gasteiger partial charge is 0.464 e. The lowest BCUT2D eigenvalue weighted by Gasteiger charge is -2.18. The van der Waals surface area contributed by atoms with Crippen molar-refractivity contribution in [2.75, 3.05) is 0 Å². The molecule has 0 saturated heterocycles. The van der Waals surface area contributed by atoms with Crippen molar-refractivity contribution in [3.8, 4) is 33.4 Å². The third kappa shape index (κ3) is 3.59. The molecule has 2 nitrogen and oxygen atoms in total. The van der Waals surface area contributed by atoms with E-state index in [1.165, 1.54) is 54.6 Å². The molecule has 0 spiro atoms. The lowest BCUT2D eigenvalue weighted by Crippen LogP contribution is -1.92. The molecule has 0 unspecified atom stereocenters. The second-order valence-electron chi connectivity index (χ2n) is 12.0. The van der Waals surface area contributed by atoms with Gasteiger partial charge in [0.1, 0.15) is 16.7 Å². The first-order valence-corrected chi connectivity index (χ1v) is 15.7. The standard InChI is InChI=1S/C44H26O2/c1-2-11-27(12-3-1)29-21-23-34-37(25-29)42(38-26-45-39-20-9-8-15-31(38)39)33-17-7-6-16-32(33)41(34)35-18-10-19-36-43-30-14-5-4-13-28(30)22-24-40(43)46-44(35)36/h1-26H. The average molecular weight is 587 g/mol. The summed E-state index contributed by atoms with van der Waals surface area (Å²) in [6.45, 7) is 0. The number of hydrogen-bond donors (Lipinski definition) is 0. The van der Waals surface area contributed by atoms with Crippen LogP contribution in [0.5, 0.6) is 0 Å². The molecule has 0 saturated carbocycles. The minimum atomic E-state index is 0.886. The number of furan rings is 2. The molecule has 0 aliphatic heterocycles. The number of hydrogen-bond acceptors (Lipinski definition) is 2. The summed E-state index contributed by atoms with van der Waals surface area (Å²) < 4.78 is 12.9. The predicted molar refractivity (Wildman–Crippen MR) is 192 cm³/mol. The Kier molecular flexibility index (Phi) is 5.31. The normalized spacial score (nSPS) is 11.9. The van der Waals surface area contributed by atoms with Crippen LogP contribution in [0.1, 0.15) is 0 Å². The van der Waals surface area contributed by atoms with Crippen LogP contribution in [0.3, 0.4) is 0 Å². The number of benzene rings is 8. The van der Waals surface area contributed by atoms with Gasteiger partial charge in [0.15, 0.2) is 0 Å². The van der Waals surface area contributed by atoms with Gasteiger partial charge < -0.3 is 8.83 Å². The highest BCUT2D eigenvalue weighted by Crippen LogP contribution is 2.49. The van der Waals surface area contributed by atoms with Gasteiger partial charge in [0.25, 0.3) is 0 Å². The van der Waals surface area contributed by atoms with Gasteiger partial charge in [0.05, 0.1) is 6.26 Å². The molecule has 2 heterocycles. The number of fused-ring (bicyclic) bond motifs is 8. The highest BCUT2D eigenvalue weighted by atomic mass is 16.3. The van der Waals surface area contributed by atoms with Gasteiger partial charge in [-0.3, -0.25) is 0 Å². The maximum atomic E-state index is 6.78.